The molecule has 0 atom stereocenters. The molecule has 21 heavy (non-hydrogen) atoms. The Balaban J connectivity index is 1.88. The van der Waals surface area contributed by atoms with Crippen LogP contribution in [-0.4, -0.2) is 16.6 Å². The van der Waals surface area contributed by atoms with Crippen LogP contribution in [0.4, 0.5) is 11.5 Å². The predicted molar refractivity (Wildman–Crippen MR) is 85.4 cm³/mol. The maximum atomic E-state index is 6.17. The van der Waals surface area contributed by atoms with Crippen LogP contribution in [0.5, 0.6) is 5.75 Å². The maximum absolute atomic E-state index is 6.17. The number of rotatable bonds is 4. The molecule has 0 spiro atoms. The van der Waals surface area contributed by atoms with Gasteiger partial charge in [0.25, 0.3) is 0 Å². The van der Waals surface area contributed by atoms with Crippen LogP contribution in [0.15, 0.2) is 48.5 Å². The van der Waals surface area contributed by atoms with E-state index < -0.39 is 0 Å². The predicted octanol–water partition coefficient (Wildman–Crippen LogP) is 4.43. The zero-order valence-electron chi connectivity index (χ0n) is 11.5. The summed E-state index contributed by atoms with van der Waals surface area (Å²) in [7, 11) is 0. The van der Waals surface area contributed by atoms with E-state index in [1.54, 1.807) is 0 Å². The summed E-state index contributed by atoms with van der Waals surface area (Å²) in [6.07, 6.45) is 0. The molecule has 4 nitrogen and oxygen atoms in total. The van der Waals surface area contributed by atoms with Crippen molar-refractivity contribution in [1.29, 1.82) is 0 Å². The highest BCUT2D eigenvalue weighted by molar-refractivity contribution is 6.32. The van der Waals surface area contributed by atoms with Crippen LogP contribution >= 0.6 is 11.6 Å². The van der Waals surface area contributed by atoms with Gasteiger partial charge in [-0.2, -0.15) is 0 Å². The number of hydrogen-bond acceptors (Lipinski definition) is 4. The number of halogens is 1. The van der Waals surface area contributed by atoms with E-state index in [0.29, 0.717) is 17.6 Å². The number of fused-ring (bicyclic) bond motifs is 1. The average Bonchev–Trinajstić information content (AvgIpc) is 2.50. The molecule has 0 radical (unpaired) electrons. The molecule has 0 aliphatic carbocycles. The summed E-state index contributed by atoms with van der Waals surface area (Å²) < 4.78 is 5.41. The molecule has 1 N–H and O–H groups in total. The number of benzene rings is 2. The number of para-hydroxylation sites is 2. The zero-order chi connectivity index (χ0) is 14.7. The van der Waals surface area contributed by atoms with Gasteiger partial charge < -0.3 is 10.1 Å². The first kappa shape index (κ1) is 13.6. The molecule has 0 aliphatic rings. The number of ether oxygens (including phenoxy) is 1. The first-order valence-electron chi connectivity index (χ1n) is 6.68. The van der Waals surface area contributed by atoms with Crippen LogP contribution in [0.2, 0.25) is 5.15 Å². The summed E-state index contributed by atoms with van der Waals surface area (Å²) in [5.41, 5.74) is 2.46. The zero-order valence-corrected chi connectivity index (χ0v) is 12.3. The highest BCUT2D eigenvalue weighted by Crippen LogP contribution is 2.25. The molecule has 0 aliphatic heterocycles. The molecule has 0 saturated heterocycles. The topological polar surface area (TPSA) is 47.0 Å². The fraction of sp³-hybridized carbons (Fsp3) is 0.125. The van der Waals surface area contributed by atoms with Gasteiger partial charge >= 0.3 is 0 Å². The molecule has 3 aromatic rings. The quantitative estimate of drug-likeness (QED) is 0.774. The van der Waals surface area contributed by atoms with Gasteiger partial charge in [0.2, 0.25) is 0 Å². The molecule has 1 heterocycles. The maximum Gasteiger partial charge on any atom is 0.172 e. The number of nitrogens with one attached hydrogen (secondary N) is 1. The molecule has 3 rings (SSSR count). The van der Waals surface area contributed by atoms with Gasteiger partial charge in [-0.15, -0.1) is 0 Å². The minimum absolute atomic E-state index is 0.350. The minimum Gasteiger partial charge on any atom is -0.494 e. The standard InChI is InChI=1S/C16H14ClN3O/c1-2-21-12-9-7-11(8-10-12)18-16-15(17)19-13-5-3-4-6-14(13)20-16/h3-10H,2H2,1H3,(H,18,20). The van der Waals surface area contributed by atoms with E-state index in [-0.39, 0.29) is 0 Å². The first-order valence-corrected chi connectivity index (χ1v) is 7.06. The lowest BCUT2D eigenvalue weighted by Crippen LogP contribution is -1.97. The van der Waals surface area contributed by atoms with Crippen LogP contribution in [0.25, 0.3) is 11.0 Å². The molecule has 0 saturated carbocycles. The van der Waals surface area contributed by atoms with E-state index in [9.17, 15) is 0 Å². The van der Waals surface area contributed by atoms with E-state index in [4.69, 9.17) is 16.3 Å². The van der Waals surface area contributed by atoms with Gasteiger partial charge in [-0.3, -0.25) is 0 Å². The van der Waals surface area contributed by atoms with Gasteiger partial charge in [0.1, 0.15) is 5.75 Å². The molecule has 1 aromatic heterocycles. The summed E-state index contributed by atoms with van der Waals surface area (Å²) in [4.78, 5) is 8.83. The second-order valence-electron chi connectivity index (χ2n) is 4.43. The van der Waals surface area contributed by atoms with Gasteiger partial charge in [-0.25, -0.2) is 9.97 Å². The Morgan fingerprint density at radius 1 is 1.00 bits per heavy atom. The Labute approximate surface area is 127 Å². The van der Waals surface area contributed by atoms with E-state index in [2.05, 4.69) is 15.3 Å². The lowest BCUT2D eigenvalue weighted by atomic mass is 10.3. The molecule has 5 heteroatoms. The largest absolute Gasteiger partial charge is 0.494 e. The third-order valence-electron chi connectivity index (χ3n) is 2.96. The van der Waals surface area contributed by atoms with Gasteiger partial charge in [-0.05, 0) is 43.3 Å². The summed E-state index contributed by atoms with van der Waals surface area (Å²) in [6, 6.07) is 15.2. The van der Waals surface area contributed by atoms with E-state index in [0.717, 1.165) is 22.5 Å². The fourth-order valence-corrected chi connectivity index (χ4v) is 2.18. The van der Waals surface area contributed by atoms with Crippen molar-refractivity contribution in [3.05, 3.63) is 53.7 Å². The van der Waals surface area contributed by atoms with Crippen molar-refractivity contribution in [1.82, 2.24) is 9.97 Å². The van der Waals surface area contributed by atoms with Crippen molar-refractivity contribution in [3.8, 4) is 5.75 Å². The van der Waals surface area contributed by atoms with Crippen molar-refractivity contribution >= 4 is 34.1 Å². The summed E-state index contributed by atoms with van der Waals surface area (Å²) in [6.45, 7) is 2.60. The molecule has 106 valence electrons. The van der Waals surface area contributed by atoms with Gasteiger partial charge in [0.15, 0.2) is 11.0 Å². The van der Waals surface area contributed by atoms with Crippen molar-refractivity contribution in [2.45, 2.75) is 6.92 Å². The van der Waals surface area contributed by atoms with E-state index >= 15 is 0 Å². The van der Waals surface area contributed by atoms with Crippen molar-refractivity contribution in [3.63, 3.8) is 0 Å². The van der Waals surface area contributed by atoms with Gasteiger partial charge in [0, 0.05) is 5.69 Å². The van der Waals surface area contributed by atoms with E-state index in [1.165, 1.54) is 0 Å². The molecular weight excluding hydrogens is 286 g/mol. The van der Waals surface area contributed by atoms with Crippen LogP contribution in [-0.2, 0) is 0 Å². The molecule has 0 unspecified atom stereocenters. The second-order valence-corrected chi connectivity index (χ2v) is 4.79. The lowest BCUT2D eigenvalue weighted by molar-refractivity contribution is 0.340. The number of nitrogens with zero attached hydrogens (tertiary/aromatic N) is 2. The number of anilines is 2. The Kier molecular flexibility index (Phi) is 3.88. The Bertz CT molecular complexity index is 759. The highest BCUT2D eigenvalue weighted by Gasteiger charge is 2.07. The first-order chi connectivity index (χ1) is 10.3. The molecule has 2 aromatic carbocycles. The molecule has 0 fully saturated rings. The van der Waals surface area contributed by atoms with Gasteiger partial charge in [0.05, 0.1) is 17.6 Å². The second kappa shape index (κ2) is 5.97. The number of hydrogen-bond donors (Lipinski definition) is 1. The van der Waals surface area contributed by atoms with Crippen LogP contribution in [0.1, 0.15) is 6.92 Å². The van der Waals surface area contributed by atoms with E-state index in [1.807, 2.05) is 55.5 Å². The fourth-order valence-electron chi connectivity index (χ4n) is 2.00. The van der Waals surface area contributed by atoms with Crippen molar-refractivity contribution < 1.29 is 4.74 Å². The molecule has 0 amide bonds. The summed E-state index contributed by atoms with van der Waals surface area (Å²) in [5, 5.41) is 3.52. The van der Waals surface area contributed by atoms with Crippen LogP contribution < -0.4 is 10.1 Å². The van der Waals surface area contributed by atoms with Crippen LogP contribution in [0.3, 0.4) is 0 Å². The molecular formula is C16H14ClN3O. The molecule has 0 bridgehead atoms. The highest BCUT2D eigenvalue weighted by atomic mass is 35.5. The Morgan fingerprint density at radius 2 is 1.67 bits per heavy atom. The third kappa shape index (κ3) is 3.06. The van der Waals surface area contributed by atoms with Crippen LogP contribution in [0, 0.1) is 0 Å². The minimum atomic E-state index is 0.350. The third-order valence-corrected chi connectivity index (χ3v) is 3.22. The SMILES string of the molecule is CCOc1ccc(Nc2nc3ccccc3nc2Cl)cc1. The monoisotopic (exact) mass is 299 g/mol. The van der Waals surface area contributed by atoms with Crippen molar-refractivity contribution in [2.75, 3.05) is 11.9 Å². The summed E-state index contributed by atoms with van der Waals surface area (Å²) >= 11 is 6.17. The van der Waals surface area contributed by atoms with Gasteiger partial charge in [-0.1, -0.05) is 23.7 Å². The smallest absolute Gasteiger partial charge is 0.172 e. The summed E-state index contributed by atoms with van der Waals surface area (Å²) in [5.74, 6) is 1.37. The Hall–Kier alpha value is -2.33. The normalized spacial score (nSPS) is 10.6. The lowest BCUT2D eigenvalue weighted by Gasteiger charge is -2.09. The average molecular weight is 300 g/mol. The Morgan fingerprint density at radius 3 is 2.33 bits per heavy atom. The number of aromatic nitrogens is 2. The van der Waals surface area contributed by atoms with Crippen molar-refractivity contribution in [2.24, 2.45) is 0 Å².